The zero-order valence-electron chi connectivity index (χ0n) is 21.1. The van der Waals surface area contributed by atoms with E-state index >= 15 is 0 Å². The van der Waals surface area contributed by atoms with Gasteiger partial charge in [-0.15, -0.1) is 11.8 Å². The van der Waals surface area contributed by atoms with Crippen molar-refractivity contribution in [2.75, 3.05) is 37.1 Å². The van der Waals surface area contributed by atoms with E-state index in [9.17, 15) is 10.2 Å². The predicted octanol–water partition coefficient (Wildman–Crippen LogP) is 7.11. The monoisotopic (exact) mass is 518 g/mol. The fraction of sp³-hybridized carbons (Fsp3) is 0.586. The van der Waals surface area contributed by atoms with Crippen molar-refractivity contribution in [3.8, 4) is 11.5 Å². The fourth-order valence-electron chi connectivity index (χ4n) is 5.03. The van der Waals surface area contributed by atoms with Crippen LogP contribution in [0.25, 0.3) is 0 Å². The van der Waals surface area contributed by atoms with Crippen LogP contribution in [-0.4, -0.2) is 52.4 Å². The van der Waals surface area contributed by atoms with Crippen molar-refractivity contribution >= 4 is 23.5 Å². The van der Waals surface area contributed by atoms with Gasteiger partial charge in [-0.2, -0.15) is 11.8 Å². The summed E-state index contributed by atoms with van der Waals surface area (Å²) in [6.45, 7) is 3.67. The van der Waals surface area contributed by atoms with Crippen LogP contribution in [0.2, 0.25) is 0 Å². The van der Waals surface area contributed by atoms with Crippen LogP contribution in [0.3, 0.4) is 0 Å². The summed E-state index contributed by atoms with van der Waals surface area (Å²) in [6, 6.07) is 13.6. The van der Waals surface area contributed by atoms with E-state index in [1.54, 1.807) is 12.1 Å². The number of unbranched alkanes of at least 4 members (excludes halogenated alkanes) is 6. The normalized spacial score (nSPS) is 19.5. The Morgan fingerprint density at radius 2 is 1.57 bits per heavy atom. The summed E-state index contributed by atoms with van der Waals surface area (Å²) in [7, 11) is 0. The molecule has 1 aliphatic heterocycles. The van der Waals surface area contributed by atoms with E-state index < -0.39 is 0 Å². The largest absolute Gasteiger partial charge is 0.508 e. The highest BCUT2D eigenvalue weighted by Crippen LogP contribution is 2.52. The van der Waals surface area contributed by atoms with Gasteiger partial charge >= 0.3 is 0 Å². The lowest BCUT2D eigenvalue weighted by Gasteiger charge is -2.43. The van der Waals surface area contributed by atoms with Crippen LogP contribution in [0.1, 0.15) is 75.3 Å². The number of phenols is 2. The van der Waals surface area contributed by atoms with Crippen molar-refractivity contribution in [3.05, 3.63) is 53.6 Å². The van der Waals surface area contributed by atoms with Gasteiger partial charge in [0.2, 0.25) is 0 Å². The Hall–Kier alpha value is -1.34. The molecule has 1 aliphatic rings. The molecule has 0 saturated heterocycles. The third kappa shape index (κ3) is 8.63. The number of aromatic hydroxyl groups is 2. The van der Waals surface area contributed by atoms with Crippen molar-refractivity contribution < 1.29 is 20.1 Å². The molecule has 3 N–H and O–H groups in total. The van der Waals surface area contributed by atoms with Gasteiger partial charge in [0.25, 0.3) is 0 Å². The minimum atomic E-state index is 0.00312. The number of thioether (sulfide) groups is 2. The molecule has 0 fully saturated rings. The average Bonchev–Trinajstić information content (AvgIpc) is 2.86. The molecule has 6 heteroatoms. The standard InChI is InChI=1S/C29H42O4S2/c1-29(23-10-12-24(31)13-11-23)22-35-28-21-25(32)14-15-26(28)27(29)9-7-5-3-2-4-6-8-19-34-20-18-33-17-16-30/h10-15,21,27,30-32H,2-9,16-20,22H2,1H3/t27-,29-/m1/s1. The van der Waals surface area contributed by atoms with E-state index in [1.165, 1.54) is 66.7 Å². The third-order valence-electron chi connectivity index (χ3n) is 7.09. The summed E-state index contributed by atoms with van der Waals surface area (Å²) in [5.74, 6) is 4.26. The van der Waals surface area contributed by atoms with Crippen LogP contribution in [0, 0.1) is 0 Å². The number of hydrogen-bond donors (Lipinski definition) is 3. The Bertz CT molecular complexity index is 873. The highest BCUT2D eigenvalue weighted by atomic mass is 32.2. The minimum absolute atomic E-state index is 0.00312. The molecule has 4 nitrogen and oxygen atoms in total. The Kier molecular flexibility index (Phi) is 12.1. The molecule has 3 rings (SSSR count). The van der Waals surface area contributed by atoms with Gasteiger partial charge in [0.05, 0.1) is 19.8 Å². The van der Waals surface area contributed by atoms with Crippen LogP contribution in [0.15, 0.2) is 47.4 Å². The fourth-order valence-corrected chi connectivity index (χ4v) is 7.28. The number of hydrogen-bond acceptors (Lipinski definition) is 6. The van der Waals surface area contributed by atoms with Crippen molar-refractivity contribution in [1.29, 1.82) is 0 Å². The molecule has 2 aromatic carbocycles. The second-order valence-corrected chi connectivity index (χ2v) is 12.0. The molecule has 0 spiro atoms. The van der Waals surface area contributed by atoms with E-state index in [1.807, 2.05) is 35.7 Å². The first kappa shape index (κ1) is 28.2. The molecule has 0 aromatic heterocycles. The smallest absolute Gasteiger partial charge is 0.116 e. The second-order valence-electron chi connectivity index (χ2n) is 9.74. The molecule has 2 aromatic rings. The Morgan fingerprint density at radius 1 is 0.886 bits per heavy atom. The van der Waals surface area contributed by atoms with Gasteiger partial charge < -0.3 is 20.1 Å². The highest BCUT2D eigenvalue weighted by Gasteiger charge is 2.41. The second kappa shape index (κ2) is 15.0. The van der Waals surface area contributed by atoms with Gasteiger partial charge in [0.1, 0.15) is 11.5 Å². The summed E-state index contributed by atoms with van der Waals surface area (Å²) >= 11 is 3.78. The molecule has 194 valence electrons. The van der Waals surface area contributed by atoms with Crippen LogP contribution in [0.5, 0.6) is 11.5 Å². The quantitative estimate of drug-likeness (QED) is 0.206. The van der Waals surface area contributed by atoms with Crippen LogP contribution < -0.4 is 0 Å². The molecule has 0 saturated carbocycles. The lowest BCUT2D eigenvalue weighted by Crippen LogP contribution is -2.36. The zero-order valence-corrected chi connectivity index (χ0v) is 22.7. The summed E-state index contributed by atoms with van der Waals surface area (Å²) in [5.41, 5.74) is 2.64. The van der Waals surface area contributed by atoms with E-state index in [-0.39, 0.29) is 12.0 Å². The Balaban J connectivity index is 1.42. The number of aliphatic hydroxyl groups is 1. The number of rotatable bonds is 16. The van der Waals surface area contributed by atoms with E-state index in [4.69, 9.17) is 9.84 Å². The predicted molar refractivity (Wildman–Crippen MR) is 149 cm³/mol. The van der Waals surface area contributed by atoms with Crippen molar-refractivity contribution in [1.82, 2.24) is 0 Å². The highest BCUT2D eigenvalue weighted by molar-refractivity contribution is 7.99. The Labute approximate surface area is 219 Å². The number of benzene rings is 2. The van der Waals surface area contributed by atoms with Gasteiger partial charge in [-0.25, -0.2) is 0 Å². The lowest BCUT2D eigenvalue weighted by molar-refractivity contribution is 0.103. The topological polar surface area (TPSA) is 69.9 Å². The molecule has 35 heavy (non-hydrogen) atoms. The first-order valence-electron chi connectivity index (χ1n) is 13.1. The van der Waals surface area contributed by atoms with Gasteiger partial charge in [-0.05, 0) is 59.9 Å². The molecule has 0 unspecified atom stereocenters. The molecule has 0 amide bonds. The summed E-state index contributed by atoms with van der Waals surface area (Å²) in [6.07, 6.45) is 10.1. The van der Waals surface area contributed by atoms with Crippen LogP contribution in [0.4, 0.5) is 0 Å². The Morgan fingerprint density at radius 3 is 2.31 bits per heavy atom. The van der Waals surface area contributed by atoms with Crippen molar-refractivity contribution in [2.45, 2.75) is 74.5 Å². The number of fused-ring (bicyclic) bond motifs is 1. The first-order chi connectivity index (χ1) is 17.0. The molecule has 0 radical (unpaired) electrons. The van der Waals surface area contributed by atoms with E-state index in [2.05, 4.69) is 25.1 Å². The zero-order chi connectivity index (χ0) is 24.9. The maximum absolute atomic E-state index is 10.0. The number of aliphatic hydroxyl groups excluding tert-OH is 1. The van der Waals surface area contributed by atoms with Crippen molar-refractivity contribution in [2.24, 2.45) is 0 Å². The first-order valence-corrected chi connectivity index (χ1v) is 15.2. The number of phenolic OH excluding ortho intramolecular Hbond substituents is 2. The molecular formula is C29H42O4S2. The molecular weight excluding hydrogens is 476 g/mol. The lowest BCUT2D eigenvalue weighted by atomic mass is 9.68. The van der Waals surface area contributed by atoms with E-state index in [0.29, 0.717) is 24.0 Å². The van der Waals surface area contributed by atoms with Gasteiger partial charge in [-0.3, -0.25) is 0 Å². The van der Waals surface area contributed by atoms with Gasteiger partial charge in [0, 0.05) is 21.8 Å². The summed E-state index contributed by atoms with van der Waals surface area (Å²) < 4.78 is 5.28. The molecule has 1 heterocycles. The minimum Gasteiger partial charge on any atom is -0.508 e. The number of ether oxygens (including phenoxy) is 1. The van der Waals surface area contributed by atoms with Crippen LogP contribution >= 0.6 is 23.5 Å². The average molecular weight is 519 g/mol. The van der Waals surface area contributed by atoms with Gasteiger partial charge in [0.15, 0.2) is 0 Å². The SMILES string of the molecule is C[C@]1(c2ccc(O)cc2)CSc2cc(O)ccc2[C@H]1CCCCCCCCCSCCOCCO. The maximum atomic E-state index is 10.0. The summed E-state index contributed by atoms with van der Waals surface area (Å²) in [5, 5.41) is 28.5. The molecule has 2 atom stereocenters. The van der Waals surface area contributed by atoms with Crippen LogP contribution in [-0.2, 0) is 10.2 Å². The maximum Gasteiger partial charge on any atom is 0.116 e. The van der Waals surface area contributed by atoms with Gasteiger partial charge in [-0.1, -0.05) is 63.6 Å². The van der Waals surface area contributed by atoms with Crippen molar-refractivity contribution in [3.63, 3.8) is 0 Å². The molecule has 0 aliphatic carbocycles. The van der Waals surface area contributed by atoms with E-state index in [0.717, 1.165) is 24.5 Å². The third-order valence-corrected chi connectivity index (χ3v) is 9.53. The molecule has 0 bridgehead atoms. The summed E-state index contributed by atoms with van der Waals surface area (Å²) in [4.78, 5) is 1.21.